The minimum atomic E-state index is -0.268. The summed E-state index contributed by atoms with van der Waals surface area (Å²) in [4.78, 5) is 37.7. The van der Waals surface area contributed by atoms with Crippen molar-refractivity contribution in [1.29, 1.82) is 0 Å². The smallest absolute Gasteiger partial charge is 0.228 e. The van der Waals surface area contributed by atoms with Gasteiger partial charge in [0.25, 0.3) is 0 Å². The van der Waals surface area contributed by atoms with E-state index < -0.39 is 0 Å². The van der Waals surface area contributed by atoms with Gasteiger partial charge in [0.05, 0.1) is 12.2 Å². The van der Waals surface area contributed by atoms with Crippen molar-refractivity contribution in [3.8, 4) is 0 Å². The van der Waals surface area contributed by atoms with E-state index in [1.54, 1.807) is 17.9 Å². The lowest BCUT2D eigenvalue weighted by Gasteiger charge is -2.34. The van der Waals surface area contributed by atoms with Gasteiger partial charge >= 0.3 is 0 Å². The fraction of sp³-hybridized carbons (Fsp3) is 0.478. The average Bonchev–Trinajstić information content (AvgIpc) is 3.22. The largest absolute Gasteiger partial charge is 0.348 e. The number of benzene rings is 1. The SMILES string of the molecule is CC(=O)N1CCN(Cc2ccc([C@H](C)Nc3ncc(Cl)c(N4CCCC4=O)n3)cc2F)CC1. The first-order valence-electron chi connectivity index (χ1n) is 11.2. The highest BCUT2D eigenvalue weighted by Crippen LogP contribution is 2.29. The van der Waals surface area contributed by atoms with Crippen LogP contribution in [0.5, 0.6) is 0 Å². The summed E-state index contributed by atoms with van der Waals surface area (Å²) < 4.78 is 14.9. The van der Waals surface area contributed by atoms with Crippen molar-refractivity contribution in [2.24, 2.45) is 0 Å². The van der Waals surface area contributed by atoms with Gasteiger partial charge in [-0.05, 0) is 25.0 Å². The molecule has 4 rings (SSSR count). The van der Waals surface area contributed by atoms with Gasteiger partial charge in [-0.25, -0.2) is 9.37 Å². The minimum Gasteiger partial charge on any atom is -0.348 e. The number of anilines is 2. The number of amides is 2. The molecule has 176 valence electrons. The first kappa shape index (κ1) is 23.4. The Labute approximate surface area is 197 Å². The summed E-state index contributed by atoms with van der Waals surface area (Å²) >= 11 is 6.22. The number of piperazine rings is 1. The van der Waals surface area contributed by atoms with Crippen LogP contribution in [-0.2, 0) is 16.1 Å². The first-order chi connectivity index (χ1) is 15.8. The molecule has 8 nitrogen and oxygen atoms in total. The van der Waals surface area contributed by atoms with Gasteiger partial charge in [0.1, 0.15) is 10.8 Å². The van der Waals surface area contributed by atoms with E-state index in [-0.39, 0.29) is 23.7 Å². The fourth-order valence-corrected chi connectivity index (χ4v) is 4.38. The van der Waals surface area contributed by atoms with E-state index >= 15 is 0 Å². The van der Waals surface area contributed by atoms with Gasteiger partial charge in [-0.3, -0.25) is 19.4 Å². The number of nitrogens with one attached hydrogen (secondary N) is 1. The molecule has 0 bridgehead atoms. The highest BCUT2D eigenvalue weighted by Gasteiger charge is 2.26. The zero-order valence-corrected chi connectivity index (χ0v) is 19.6. The monoisotopic (exact) mass is 474 g/mol. The van der Waals surface area contributed by atoms with Crippen LogP contribution in [0.1, 0.15) is 43.9 Å². The Morgan fingerprint density at radius 1 is 1.24 bits per heavy atom. The second kappa shape index (κ2) is 10.0. The average molecular weight is 475 g/mol. The molecule has 0 aliphatic carbocycles. The van der Waals surface area contributed by atoms with Crippen molar-refractivity contribution < 1.29 is 14.0 Å². The number of halogens is 2. The Morgan fingerprint density at radius 2 is 2.00 bits per heavy atom. The standard InChI is InChI=1S/C23H28ClFN6O2/c1-15(27-23-26-13-19(24)22(28-23)31-7-3-4-21(31)33)17-5-6-18(20(25)12-17)14-29-8-10-30(11-9-29)16(2)32/h5-6,12-13,15H,3-4,7-11,14H2,1-2H3,(H,26,27,28)/t15-/m0/s1. The number of carbonyl (C=O) groups is 2. The van der Waals surface area contributed by atoms with Crippen molar-refractivity contribution in [1.82, 2.24) is 19.8 Å². The highest BCUT2D eigenvalue weighted by molar-refractivity contribution is 6.33. The van der Waals surface area contributed by atoms with Crippen molar-refractivity contribution in [2.45, 2.75) is 39.3 Å². The molecular formula is C23H28ClFN6O2. The summed E-state index contributed by atoms with van der Waals surface area (Å²) in [6.45, 7) is 7.36. The lowest BCUT2D eigenvalue weighted by Crippen LogP contribution is -2.47. The molecule has 0 unspecified atom stereocenters. The van der Waals surface area contributed by atoms with Crippen molar-refractivity contribution in [3.05, 3.63) is 46.4 Å². The third kappa shape index (κ3) is 5.42. The molecule has 1 N–H and O–H groups in total. The van der Waals surface area contributed by atoms with Crippen LogP contribution in [0.4, 0.5) is 16.2 Å². The first-order valence-corrected chi connectivity index (χ1v) is 11.5. The second-order valence-corrected chi connectivity index (χ2v) is 8.92. The Morgan fingerprint density at radius 3 is 2.64 bits per heavy atom. The molecular weight excluding hydrogens is 447 g/mol. The quantitative estimate of drug-likeness (QED) is 0.692. The third-order valence-corrected chi connectivity index (χ3v) is 6.46. The second-order valence-electron chi connectivity index (χ2n) is 8.51. The van der Waals surface area contributed by atoms with Gasteiger partial charge < -0.3 is 10.2 Å². The van der Waals surface area contributed by atoms with Crippen LogP contribution in [0.15, 0.2) is 24.4 Å². The number of carbonyl (C=O) groups excluding carboxylic acids is 2. The molecule has 2 saturated heterocycles. The van der Waals surface area contributed by atoms with Gasteiger partial charge in [0.15, 0.2) is 5.82 Å². The lowest BCUT2D eigenvalue weighted by molar-refractivity contribution is -0.130. The minimum absolute atomic E-state index is 0.00466. The molecule has 1 aromatic heterocycles. The number of hydrogen-bond donors (Lipinski definition) is 1. The Balaban J connectivity index is 1.40. The van der Waals surface area contributed by atoms with E-state index in [4.69, 9.17) is 11.6 Å². The van der Waals surface area contributed by atoms with Gasteiger partial charge in [0.2, 0.25) is 17.8 Å². The summed E-state index contributed by atoms with van der Waals surface area (Å²) in [7, 11) is 0. The zero-order valence-electron chi connectivity index (χ0n) is 18.9. The van der Waals surface area contributed by atoms with Crippen LogP contribution in [-0.4, -0.2) is 64.3 Å². The van der Waals surface area contributed by atoms with E-state index in [0.717, 1.165) is 25.1 Å². The Kier molecular flexibility index (Phi) is 7.09. The number of rotatable bonds is 6. The molecule has 2 aliphatic rings. The van der Waals surface area contributed by atoms with E-state index in [9.17, 15) is 14.0 Å². The normalized spacial score (nSPS) is 18.0. The van der Waals surface area contributed by atoms with Gasteiger partial charge in [-0.2, -0.15) is 4.98 Å². The van der Waals surface area contributed by atoms with Crippen LogP contribution >= 0.6 is 11.6 Å². The number of hydrogen-bond acceptors (Lipinski definition) is 6. The topological polar surface area (TPSA) is 81.7 Å². The highest BCUT2D eigenvalue weighted by atomic mass is 35.5. The van der Waals surface area contributed by atoms with E-state index in [2.05, 4.69) is 20.2 Å². The molecule has 3 heterocycles. The van der Waals surface area contributed by atoms with Gasteiger partial charge in [-0.15, -0.1) is 0 Å². The van der Waals surface area contributed by atoms with Crippen LogP contribution in [0.25, 0.3) is 0 Å². The molecule has 2 aliphatic heterocycles. The van der Waals surface area contributed by atoms with Crippen LogP contribution in [0.3, 0.4) is 0 Å². The summed E-state index contributed by atoms with van der Waals surface area (Å²) in [6.07, 6.45) is 2.73. The number of aromatic nitrogens is 2. The summed E-state index contributed by atoms with van der Waals surface area (Å²) in [5.74, 6) is 0.533. The van der Waals surface area contributed by atoms with Crippen molar-refractivity contribution in [2.75, 3.05) is 42.9 Å². The van der Waals surface area contributed by atoms with E-state index in [0.29, 0.717) is 55.0 Å². The fourth-order valence-electron chi connectivity index (χ4n) is 4.19. The molecule has 2 amide bonds. The maximum atomic E-state index is 14.9. The molecule has 0 radical (unpaired) electrons. The Hall–Kier alpha value is -2.78. The summed E-state index contributed by atoms with van der Waals surface area (Å²) in [6, 6.07) is 4.97. The van der Waals surface area contributed by atoms with E-state index in [1.165, 1.54) is 12.3 Å². The molecule has 0 saturated carbocycles. The maximum absolute atomic E-state index is 14.9. The van der Waals surface area contributed by atoms with Crippen LogP contribution in [0, 0.1) is 5.82 Å². The molecule has 10 heteroatoms. The zero-order chi connectivity index (χ0) is 23.5. The summed E-state index contributed by atoms with van der Waals surface area (Å²) in [5, 5.41) is 3.50. The van der Waals surface area contributed by atoms with Gasteiger partial charge in [0, 0.05) is 58.2 Å². The van der Waals surface area contributed by atoms with E-state index in [1.807, 2.05) is 17.9 Å². The predicted octanol–water partition coefficient (Wildman–Crippen LogP) is 3.23. The molecule has 0 spiro atoms. The van der Waals surface area contributed by atoms with Crippen molar-refractivity contribution in [3.63, 3.8) is 0 Å². The predicted molar refractivity (Wildman–Crippen MR) is 125 cm³/mol. The maximum Gasteiger partial charge on any atom is 0.228 e. The molecule has 33 heavy (non-hydrogen) atoms. The number of nitrogens with zero attached hydrogens (tertiary/aromatic N) is 5. The van der Waals surface area contributed by atoms with Gasteiger partial charge in [-0.1, -0.05) is 23.7 Å². The molecule has 2 fully saturated rings. The van der Waals surface area contributed by atoms with Crippen molar-refractivity contribution >= 4 is 35.2 Å². The Bertz CT molecular complexity index is 1040. The van der Waals surface area contributed by atoms with Crippen LogP contribution < -0.4 is 10.2 Å². The molecule has 1 atom stereocenters. The lowest BCUT2D eigenvalue weighted by atomic mass is 10.0. The third-order valence-electron chi connectivity index (χ3n) is 6.19. The van der Waals surface area contributed by atoms with Crippen LogP contribution in [0.2, 0.25) is 5.02 Å². The molecule has 1 aromatic carbocycles. The summed E-state index contributed by atoms with van der Waals surface area (Å²) in [5.41, 5.74) is 1.38. The molecule has 2 aromatic rings.